The summed E-state index contributed by atoms with van der Waals surface area (Å²) in [4.78, 5) is 26.2. The first-order chi connectivity index (χ1) is 11.5. The molecule has 0 saturated carbocycles. The molecule has 0 aromatic heterocycles. The summed E-state index contributed by atoms with van der Waals surface area (Å²) in [7, 11) is 1.94. The molecule has 1 aliphatic rings. The molecular formula is C17H24FN3O2S. The highest BCUT2D eigenvalue weighted by Gasteiger charge is 2.25. The van der Waals surface area contributed by atoms with Crippen molar-refractivity contribution < 1.29 is 14.0 Å². The van der Waals surface area contributed by atoms with Gasteiger partial charge in [-0.15, -0.1) is 11.8 Å². The van der Waals surface area contributed by atoms with Crippen LogP contribution in [0.3, 0.4) is 0 Å². The number of hydrogen-bond acceptors (Lipinski definition) is 4. The van der Waals surface area contributed by atoms with Crippen LogP contribution in [0.2, 0.25) is 0 Å². The summed E-state index contributed by atoms with van der Waals surface area (Å²) in [6.45, 7) is 3.36. The number of anilines is 1. The molecule has 1 unspecified atom stereocenters. The average Bonchev–Trinajstić information content (AvgIpc) is 2.61. The van der Waals surface area contributed by atoms with Crippen molar-refractivity contribution in [3.05, 3.63) is 30.1 Å². The molecule has 1 aromatic carbocycles. The number of piperidine rings is 1. The van der Waals surface area contributed by atoms with E-state index in [0.717, 1.165) is 25.9 Å². The Morgan fingerprint density at radius 3 is 2.50 bits per heavy atom. The van der Waals surface area contributed by atoms with E-state index in [1.807, 2.05) is 18.9 Å². The van der Waals surface area contributed by atoms with Gasteiger partial charge in [-0.2, -0.15) is 0 Å². The van der Waals surface area contributed by atoms with E-state index in [4.69, 9.17) is 0 Å². The van der Waals surface area contributed by atoms with E-state index >= 15 is 0 Å². The summed E-state index contributed by atoms with van der Waals surface area (Å²) in [5, 5.41) is 5.68. The van der Waals surface area contributed by atoms with Gasteiger partial charge in [-0.1, -0.05) is 0 Å². The van der Waals surface area contributed by atoms with Crippen LogP contribution in [0.4, 0.5) is 10.1 Å². The first-order valence-electron chi connectivity index (χ1n) is 8.12. The Morgan fingerprint density at radius 2 is 1.92 bits per heavy atom. The number of hydrogen-bond donors (Lipinski definition) is 2. The van der Waals surface area contributed by atoms with Crippen LogP contribution in [0.5, 0.6) is 0 Å². The van der Waals surface area contributed by atoms with Gasteiger partial charge in [0.1, 0.15) is 5.82 Å². The first-order valence-corrected chi connectivity index (χ1v) is 9.17. The Balaban J connectivity index is 1.73. The smallest absolute Gasteiger partial charge is 0.235 e. The molecule has 1 saturated heterocycles. The number of rotatable bonds is 6. The SMILES string of the molecule is CNC1CCN(C(=O)C(C)SCC(=O)Nc2ccc(F)cc2)CC1. The molecule has 24 heavy (non-hydrogen) atoms. The fraction of sp³-hybridized carbons (Fsp3) is 0.529. The third-order valence-corrected chi connectivity index (χ3v) is 5.29. The van der Waals surface area contributed by atoms with Gasteiger partial charge in [0.2, 0.25) is 11.8 Å². The molecule has 1 aliphatic heterocycles. The van der Waals surface area contributed by atoms with E-state index in [-0.39, 0.29) is 28.6 Å². The molecule has 1 fully saturated rings. The number of thioether (sulfide) groups is 1. The van der Waals surface area contributed by atoms with Crippen LogP contribution in [0.15, 0.2) is 24.3 Å². The molecule has 7 heteroatoms. The fourth-order valence-corrected chi connectivity index (χ4v) is 3.41. The molecule has 2 rings (SSSR count). The van der Waals surface area contributed by atoms with Crippen molar-refractivity contribution in [1.29, 1.82) is 0 Å². The molecule has 1 atom stereocenters. The van der Waals surface area contributed by atoms with Crippen molar-refractivity contribution in [2.45, 2.75) is 31.1 Å². The molecular weight excluding hydrogens is 329 g/mol. The predicted octanol–water partition coefficient (Wildman–Crippen LogP) is 2.10. The molecule has 132 valence electrons. The van der Waals surface area contributed by atoms with Crippen LogP contribution in [-0.4, -0.2) is 53.9 Å². The summed E-state index contributed by atoms with van der Waals surface area (Å²) in [5.41, 5.74) is 0.551. The monoisotopic (exact) mass is 353 g/mol. The minimum Gasteiger partial charge on any atom is -0.342 e. The quantitative estimate of drug-likeness (QED) is 0.822. The Morgan fingerprint density at radius 1 is 1.29 bits per heavy atom. The number of likely N-dealkylation sites (tertiary alicyclic amines) is 1. The van der Waals surface area contributed by atoms with Crippen molar-refractivity contribution in [2.24, 2.45) is 0 Å². The lowest BCUT2D eigenvalue weighted by atomic mass is 10.1. The second-order valence-electron chi connectivity index (χ2n) is 5.90. The largest absolute Gasteiger partial charge is 0.342 e. The van der Waals surface area contributed by atoms with Crippen LogP contribution in [-0.2, 0) is 9.59 Å². The lowest BCUT2D eigenvalue weighted by Crippen LogP contribution is -2.46. The number of carbonyl (C=O) groups excluding carboxylic acids is 2. The summed E-state index contributed by atoms with van der Waals surface area (Å²) < 4.78 is 12.8. The third kappa shape index (κ3) is 5.49. The normalized spacial score (nSPS) is 16.7. The van der Waals surface area contributed by atoms with Gasteiger partial charge in [0, 0.05) is 24.8 Å². The second kappa shape index (κ2) is 9.03. The van der Waals surface area contributed by atoms with E-state index < -0.39 is 0 Å². The minimum atomic E-state index is -0.344. The number of nitrogens with zero attached hydrogens (tertiary/aromatic N) is 1. The van der Waals surface area contributed by atoms with Crippen LogP contribution >= 0.6 is 11.8 Å². The van der Waals surface area contributed by atoms with Gasteiger partial charge in [0.15, 0.2) is 0 Å². The van der Waals surface area contributed by atoms with Gasteiger partial charge in [-0.25, -0.2) is 4.39 Å². The topological polar surface area (TPSA) is 61.4 Å². The van der Waals surface area contributed by atoms with Gasteiger partial charge in [0.05, 0.1) is 11.0 Å². The van der Waals surface area contributed by atoms with Gasteiger partial charge in [-0.3, -0.25) is 9.59 Å². The first kappa shape index (κ1) is 18.7. The summed E-state index contributed by atoms with van der Waals surface area (Å²) in [6.07, 6.45) is 1.93. The average molecular weight is 353 g/mol. The standard InChI is InChI=1S/C17H24FN3O2S/c1-12(17(23)21-9-7-14(19-2)8-10-21)24-11-16(22)20-15-5-3-13(18)4-6-15/h3-6,12,14,19H,7-11H2,1-2H3,(H,20,22). The molecule has 1 aromatic rings. The number of halogens is 1. The number of benzene rings is 1. The Kier molecular flexibility index (Phi) is 7.05. The van der Waals surface area contributed by atoms with Crippen LogP contribution in [0, 0.1) is 5.82 Å². The highest BCUT2D eigenvalue weighted by Crippen LogP contribution is 2.18. The molecule has 1 heterocycles. The van der Waals surface area contributed by atoms with Gasteiger partial charge in [-0.05, 0) is 51.1 Å². The van der Waals surface area contributed by atoms with Gasteiger partial charge in [0.25, 0.3) is 0 Å². The summed E-state index contributed by atoms with van der Waals surface area (Å²) in [6, 6.07) is 6.10. The van der Waals surface area contributed by atoms with Crippen molar-refractivity contribution in [3.8, 4) is 0 Å². The highest BCUT2D eigenvalue weighted by molar-refractivity contribution is 8.01. The van der Waals surface area contributed by atoms with E-state index in [9.17, 15) is 14.0 Å². The van der Waals surface area contributed by atoms with E-state index in [2.05, 4.69) is 10.6 Å². The number of carbonyl (C=O) groups is 2. The summed E-state index contributed by atoms with van der Waals surface area (Å²) in [5.74, 6) is -0.259. The van der Waals surface area contributed by atoms with Gasteiger partial charge >= 0.3 is 0 Å². The lowest BCUT2D eigenvalue weighted by molar-refractivity contribution is -0.131. The van der Waals surface area contributed by atoms with Crippen molar-refractivity contribution >= 4 is 29.3 Å². The molecule has 0 radical (unpaired) electrons. The fourth-order valence-electron chi connectivity index (χ4n) is 2.65. The Bertz CT molecular complexity index is 559. The van der Waals surface area contributed by atoms with Crippen molar-refractivity contribution in [2.75, 3.05) is 31.2 Å². The van der Waals surface area contributed by atoms with E-state index in [1.165, 1.54) is 36.0 Å². The van der Waals surface area contributed by atoms with Crippen LogP contribution in [0.1, 0.15) is 19.8 Å². The predicted molar refractivity (Wildman–Crippen MR) is 95.6 cm³/mol. The maximum atomic E-state index is 12.8. The third-order valence-electron chi connectivity index (χ3n) is 4.16. The molecule has 2 amide bonds. The second-order valence-corrected chi connectivity index (χ2v) is 7.23. The molecule has 0 aliphatic carbocycles. The number of nitrogens with one attached hydrogen (secondary N) is 2. The molecule has 5 nitrogen and oxygen atoms in total. The van der Waals surface area contributed by atoms with Gasteiger partial charge < -0.3 is 15.5 Å². The molecule has 2 N–H and O–H groups in total. The van der Waals surface area contributed by atoms with E-state index in [0.29, 0.717) is 11.7 Å². The maximum Gasteiger partial charge on any atom is 0.235 e. The maximum absolute atomic E-state index is 12.8. The Hall–Kier alpha value is -1.60. The number of amides is 2. The zero-order valence-corrected chi connectivity index (χ0v) is 14.9. The molecule has 0 spiro atoms. The zero-order valence-electron chi connectivity index (χ0n) is 14.0. The van der Waals surface area contributed by atoms with E-state index in [1.54, 1.807) is 0 Å². The van der Waals surface area contributed by atoms with Crippen molar-refractivity contribution in [1.82, 2.24) is 10.2 Å². The lowest BCUT2D eigenvalue weighted by Gasteiger charge is -2.33. The van der Waals surface area contributed by atoms with Crippen LogP contribution in [0.25, 0.3) is 0 Å². The minimum absolute atomic E-state index is 0.0872. The zero-order chi connectivity index (χ0) is 17.5. The Labute approximate surface area is 146 Å². The molecule has 0 bridgehead atoms. The van der Waals surface area contributed by atoms with Crippen molar-refractivity contribution in [3.63, 3.8) is 0 Å². The van der Waals surface area contributed by atoms with Crippen LogP contribution < -0.4 is 10.6 Å². The highest BCUT2D eigenvalue weighted by atomic mass is 32.2. The summed E-state index contributed by atoms with van der Waals surface area (Å²) >= 11 is 1.32.